The SMILES string of the molecule is C=COC(=O)/C=C\C(=O)OCCC. The van der Waals surface area contributed by atoms with Crippen LogP contribution in [0.25, 0.3) is 0 Å². The van der Waals surface area contributed by atoms with E-state index in [1.807, 2.05) is 6.92 Å². The maximum atomic E-state index is 10.8. The van der Waals surface area contributed by atoms with Gasteiger partial charge in [-0.05, 0) is 6.42 Å². The summed E-state index contributed by atoms with van der Waals surface area (Å²) in [6.45, 7) is 5.41. The Morgan fingerprint density at radius 1 is 1.31 bits per heavy atom. The largest absolute Gasteiger partial charge is 0.463 e. The highest BCUT2D eigenvalue weighted by atomic mass is 16.5. The van der Waals surface area contributed by atoms with Gasteiger partial charge < -0.3 is 9.47 Å². The molecule has 0 radical (unpaired) electrons. The Hall–Kier alpha value is -1.58. The predicted molar refractivity (Wildman–Crippen MR) is 46.7 cm³/mol. The Morgan fingerprint density at radius 3 is 2.46 bits per heavy atom. The van der Waals surface area contributed by atoms with Crippen molar-refractivity contribution in [2.24, 2.45) is 0 Å². The first-order chi connectivity index (χ1) is 6.20. The van der Waals surface area contributed by atoms with E-state index in [2.05, 4.69) is 16.1 Å². The van der Waals surface area contributed by atoms with Crippen molar-refractivity contribution in [3.8, 4) is 0 Å². The molecule has 0 bridgehead atoms. The molecule has 0 fully saturated rings. The van der Waals surface area contributed by atoms with Crippen molar-refractivity contribution in [1.29, 1.82) is 0 Å². The summed E-state index contributed by atoms with van der Waals surface area (Å²) in [5.41, 5.74) is 0. The van der Waals surface area contributed by atoms with Crippen LogP contribution in [-0.4, -0.2) is 18.5 Å². The Morgan fingerprint density at radius 2 is 1.92 bits per heavy atom. The number of hydrogen-bond donors (Lipinski definition) is 0. The first-order valence-corrected chi connectivity index (χ1v) is 3.87. The van der Waals surface area contributed by atoms with Crippen LogP contribution in [0.15, 0.2) is 25.0 Å². The van der Waals surface area contributed by atoms with Crippen LogP contribution in [0.3, 0.4) is 0 Å². The van der Waals surface area contributed by atoms with Gasteiger partial charge in [-0.15, -0.1) is 0 Å². The Labute approximate surface area is 76.8 Å². The minimum absolute atomic E-state index is 0.347. The molecule has 0 spiro atoms. The summed E-state index contributed by atoms with van der Waals surface area (Å²) in [6, 6.07) is 0. The normalized spacial score (nSPS) is 9.62. The molecule has 0 aromatic rings. The first kappa shape index (κ1) is 11.4. The van der Waals surface area contributed by atoms with Gasteiger partial charge in [-0.2, -0.15) is 0 Å². The number of esters is 2. The zero-order valence-corrected chi connectivity index (χ0v) is 7.49. The smallest absolute Gasteiger partial charge is 0.335 e. The molecule has 13 heavy (non-hydrogen) atoms. The van der Waals surface area contributed by atoms with Gasteiger partial charge >= 0.3 is 11.9 Å². The maximum Gasteiger partial charge on any atom is 0.335 e. The van der Waals surface area contributed by atoms with Gasteiger partial charge in [0.05, 0.1) is 12.9 Å². The predicted octanol–water partition coefficient (Wildman–Crippen LogP) is 1.18. The minimum Gasteiger partial charge on any atom is -0.463 e. The number of carbonyl (C=O) groups is 2. The number of ether oxygens (including phenoxy) is 2. The molecule has 0 atom stereocenters. The second-order valence-electron chi connectivity index (χ2n) is 2.10. The molecule has 0 rings (SSSR count). The second-order valence-corrected chi connectivity index (χ2v) is 2.10. The molecular formula is C9H12O4. The van der Waals surface area contributed by atoms with Crippen LogP contribution in [0.5, 0.6) is 0 Å². The van der Waals surface area contributed by atoms with E-state index in [1.165, 1.54) is 0 Å². The van der Waals surface area contributed by atoms with Crippen LogP contribution in [0, 0.1) is 0 Å². The third-order valence-corrected chi connectivity index (χ3v) is 1.00. The summed E-state index contributed by atoms with van der Waals surface area (Å²) in [5, 5.41) is 0. The van der Waals surface area contributed by atoms with Gasteiger partial charge in [-0.25, -0.2) is 9.59 Å². The van der Waals surface area contributed by atoms with Crippen molar-refractivity contribution >= 4 is 11.9 Å². The third-order valence-electron chi connectivity index (χ3n) is 1.00. The van der Waals surface area contributed by atoms with E-state index < -0.39 is 11.9 Å². The summed E-state index contributed by atoms with van der Waals surface area (Å²) < 4.78 is 8.99. The first-order valence-electron chi connectivity index (χ1n) is 3.87. The Balaban J connectivity index is 3.75. The lowest BCUT2D eigenvalue weighted by Gasteiger charge is -1.96. The lowest BCUT2D eigenvalue weighted by Crippen LogP contribution is -2.03. The average Bonchev–Trinajstić information content (AvgIpc) is 2.12. The highest BCUT2D eigenvalue weighted by Gasteiger charge is 1.97. The summed E-state index contributed by atoms with van der Waals surface area (Å²) in [4.78, 5) is 21.4. The third kappa shape index (κ3) is 6.80. The molecular weight excluding hydrogens is 172 g/mol. The zero-order valence-electron chi connectivity index (χ0n) is 7.49. The summed E-state index contributed by atoms with van der Waals surface area (Å²) in [7, 11) is 0. The molecule has 4 heteroatoms. The van der Waals surface area contributed by atoms with E-state index in [0.717, 1.165) is 24.8 Å². The van der Waals surface area contributed by atoms with E-state index in [1.54, 1.807) is 0 Å². The second kappa shape index (κ2) is 7.09. The van der Waals surface area contributed by atoms with Crippen LogP contribution in [0.2, 0.25) is 0 Å². The molecule has 0 aliphatic rings. The van der Waals surface area contributed by atoms with Crippen molar-refractivity contribution in [3.05, 3.63) is 25.0 Å². The molecule has 72 valence electrons. The Kier molecular flexibility index (Phi) is 6.23. The van der Waals surface area contributed by atoms with Crippen LogP contribution in [0.1, 0.15) is 13.3 Å². The molecule has 0 saturated heterocycles. The topological polar surface area (TPSA) is 52.6 Å². The monoisotopic (exact) mass is 184 g/mol. The van der Waals surface area contributed by atoms with Gasteiger partial charge in [-0.3, -0.25) is 0 Å². The number of carbonyl (C=O) groups excluding carboxylic acids is 2. The van der Waals surface area contributed by atoms with Crippen LogP contribution in [0.4, 0.5) is 0 Å². The van der Waals surface area contributed by atoms with Crippen molar-refractivity contribution in [1.82, 2.24) is 0 Å². The zero-order chi connectivity index (χ0) is 10.1. The van der Waals surface area contributed by atoms with Crippen molar-refractivity contribution in [3.63, 3.8) is 0 Å². The Bertz CT molecular complexity index is 218. The molecule has 0 aliphatic carbocycles. The molecule has 0 amide bonds. The van der Waals surface area contributed by atoms with E-state index >= 15 is 0 Å². The average molecular weight is 184 g/mol. The van der Waals surface area contributed by atoms with E-state index in [4.69, 9.17) is 0 Å². The molecule has 4 nitrogen and oxygen atoms in total. The van der Waals surface area contributed by atoms with Crippen LogP contribution in [-0.2, 0) is 19.1 Å². The minimum atomic E-state index is -0.650. The molecule has 0 N–H and O–H groups in total. The fourth-order valence-corrected chi connectivity index (χ4v) is 0.508. The van der Waals surface area contributed by atoms with E-state index in [9.17, 15) is 9.59 Å². The maximum absolute atomic E-state index is 10.8. The molecule has 0 unspecified atom stereocenters. The van der Waals surface area contributed by atoms with Crippen molar-refractivity contribution in [2.75, 3.05) is 6.61 Å². The van der Waals surface area contributed by atoms with Gasteiger partial charge in [0.1, 0.15) is 0 Å². The standard InChI is InChI=1S/C9H12O4/c1-3-7-13-9(11)6-5-8(10)12-4-2/h4-6H,2-3,7H2,1H3/b6-5-. The lowest BCUT2D eigenvalue weighted by atomic mass is 10.5. The fraction of sp³-hybridized carbons (Fsp3) is 0.333. The molecule has 0 saturated carbocycles. The van der Waals surface area contributed by atoms with E-state index in [-0.39, 0.29) is 0 Å². The quantitative estimate of drug-likeness (QED) is 0.366. The van der Waals surface area contributed by atoms with Crippen molar-refractivity contribution in [2.45, 2.75) is 13.3 Å². The summed E-state index contributed by atoms with van der Waals surface area (Å²) in [6.07, 6.45) is 3.74. The summed E-state index contributed by atoms with van der Waals surface area (Å²) >= 11 is 0. The molecule has 0 aromatic heterocycles. The highest BCUT2D eigenvalue weighted by molar-refractivity contribution is 5.91. The van der Waals surface area contributed by atoms with Gasteiger partial charge in [0, 0.05) is 12.2 Å². The highest BCUT2D eigenvalue weighted by Crippen LogP contribution is 1.87. The van der Waals surface area contributed by atoms with Gasteiger partial charge in [0.15, 0.2) is 0 Å². The summed E-state index contributed by atoms with van der Waals surface area (Å²) in [5.74, 6) is -1.20. The van der Waals surface area contributed by atoms with Crippen LogP contribution >= 0.6 is 0 Å². The lowest BCUT2D eigenvalue weighted by molar-refractivity contribution is -0.138. The number of rotatable bonds is 5. The van der Waals surface area contributed by atoms with E-state index in [0.29, 0.717) is 6.61 Å². The van der Waals surface area contributed by atoms with Crippen molar-refractivity contribution < 1.29 is 19.1 Å². The fourth-order valence-electron chi connectivity index (χ4n) is 0.508. The van der Waals surface area contributed by atoms with Gasteiger partial charge in [0.2, 0.25) is 0 Å². The molecule has 0 heterocycles. The molecule has 0 aliphatic heterocycles. The molecule has 0 aromatic carbocycles. The number of hydrogen-bond acceptors (Lipinski definition) is 4. The van der Waals surface area contributed by atoms with Gasteiger partial charge in [0.25, 0.3) is 0 Å². The van der Waals surface area contributed by atoms with Gasteiger partial charge in [-0.1, -0.05) is 13.5 Å². The van der Waals surface area contributed by atoms with Crippen LogP contribution < -0.4 is 0 Å².